The van der Waals surface area contributed by atoms with Crippen LogP contribution in [0.25, 0.3) is 11.3 Å². The molecule has 0 aromatic carbocycles. The molecule has 4 rings (SSSR count). The van der Waals surface area contributed by atoms with E-state index in [1.165, 1.54) is 6.07 Å². The van der Waals surface area contributed by atoms with E-state index in [9.17, 15) is 9.50 Å². The molecule has 1 N–H and O–H groups in total. The van der Waals surface area contributed by atoms with E-state index in [0.29, 0.717) is 12.5 Å². The summed E-state index contributed by atoms with van der Waals surface area (Å²) in [7, 11) is -1.76. The second-order valence-corrected chi connectivity index (χ2v) is 15.3. The molecule has 3 heterocycles. The van der Waals surface area contributed by atoms with Crippen LogP contribution < -0.4 is 0 Å². The Balaban J connectivity index is 1.40. The third-order valence-electron chi connectivity index (χ3n) is 7.53. The van der Waals surface area contributed by atoms with Gasteiger partial charge in [-0.25, -0.2) is 9.97 Å². The van der Waals surface area contributed by atoms with Gasteiger partial charge in [-0.1, -0.05) is 20.8 Å². The van der Waals surface area contributed by atoms with E-state index in [4.69, 9.17) is 4.43 Å². The van der Waals surface area contributed by atoms with Crippen molar-refractivity contribution in [1.82, 2.24) is 14.5 Å². The zero-order chi connectivity index (χ0) is 21.7. The molecular weight excluding hydrogens is 397 g/mol. The number of imidazole rings is 1. The second-order valence-electron chi connectivity index (χ2n) is 10.5. The molecule has 164 valence electrons. The molecule has 1 fully saturated rings. The van der Waals surface area contributed by atoms with E-state index in [1.807, 2.05) is 4.57 Å². The lowest BCUT2D eigenvalue weighted by molar-refractivity contribution is 0.0364. The van der Waals surface area contributed by atoms with Crippen LogP contribution >= 0.6 is 0 Å². The fourth-order valence-electron chi connectivity index (χ4n) is 4.69. The van der Waals surface area contributed by atoms with Crippen molar-refractivity contribution in [1.29, 1.82) is 0 Å². The maximum absolute atomic E-state index is 13.8. The van der Waals surface area contributed by atoms with E-state index < -0.39 is 20.4 Å². The summed E-state index contributed by atoms with van der Waals surface area (Å²) in [5.74, 6) is -0.220. The van der Waals surface area contributed by atoms with Gasteiger partial charge < -0.3 is 14.1 Å². The molecule has 1 saturated carbocycles. The quantitative estimate of drug-likeness (QED) is 0.514. The lowest BCUT2D eigenvalue weighted by Crippen LogP contribution is -2.45. The summed E-state index contributed by atoms with van der Waals surface area (Å²) in [4.78, 5) is 8.05. The molecule has 5 nitrogen and oxygen atoms in total. The molecule has 2 aromatic rings. The predicted molar refractivity (Wildman–Crippen MR) is 118 cm³/mol. The summed E-state index contributed by atoms with van der Waals surface area (Å²) in [5.41, 5.74) is 2.76. The number of rotatable bonds is 5. The van der Waals surface area contributed by atoms with Crippen molar-refractivity contribution in [2.45, 2.75) is 89.3 Å². The Kier molecular flexibility index (Phi) is 5.66. The summed E-state index contributed by atoms with van der Waals surface area (Å²) < 4.78 is 22.4. The highest BCUT2D eigenvalue weighted by Gasteiger charge is 2.40. The molecule has 2 atom stereocenters. The van der Waals surface area contributed by atoms with E-state index in [0.717, 1.165) is 42.5 Å². The van der Waals surface area contributed by atoms with Gasteiger partial charge in [0.2, 0.25) is 5.95 Å². The molecule has 0 spiro atoms. The number of aliphatic hydroxyl groups is 1. The van der Waals surface area contributed by atoms with E-state index in [1.54, 1.807) is 18.7 Å². The minimum atomic E-state index is -1.76. The summed E-state index contributed by atoms with van der Waals surface area (Å²) in [6, 6.07) is 1.41. The highest BCUT2D eigenvalue weighted by atomic mass is 28.4. The van der Waals surface area contributed by atoms with Gasteiger partial charge in [0.1, 0.15) is 0 Å². The zero-order valence-electron chi connectivity index (χ0n) is 18.7. The Morgan fingerprint density at radius 3 is 2.60 bits per heavy atom. The van der Waals surface area contributed by atoms with Gasteiger partial charge in [0, 0.05) is 17.9 Å². The van der Waals surface area contributed by atoms with Crippen molar-refractivity contribution in [2.24, 2.45) is 5.92 Å². The molecule has 0 radical (unpaired) electrons. The van der Waals surface area contributed by atoms with Gasteiger partial charge >= 0.3 is 0 Å². The Morgan fingerprint density at radius 2 is 1.93 bits per heavy atom. The van der Waals surface area contributed by atoms with Crippen molar-refractivity contribution in [2.75, 3.05) is 0 Å². The maximum Gasteiger partial charge on any atom is 0.213 e. The third-order valence-corrected chi connectivity index (χ3v) is 12.1. The zero-order valence-corrected chi connectivity index (χ0v) is 19.7. The van der Waals surface area contributed by atoms with Crippen LogP contribution in [0.15, 0.2) is 24.8 Å². The van der Waals surface area contributed by atoms with Gasteiger partial charge in [-0.15, -0.1) is 0 Å². The average Bonchev–Trinajstić information content (AvgIpc) is 3.23. The van der Waals surface area contributed by atoms with E-state index in [-0.39, 0.29) is 17.0 Å². The summed E-state index contributed by atoms with van der Waals surface area (Å²) in [5, 5.41) is 11.3. The van der Waals surface area contributed by atoms with Crippen LogP contribution in [0.2, 0.25) is 18.1 Å². The predicted octanol–water partition coefficient (Wildman–Crippen LogP) is 5.32. The minimum Gasteiger partial charge on any atom is -0.414 e. The Bertz CT molecular complexity index is 900. The lowest BCUT2D eigenvalue weighted by atomic mass is 9.81. The maximum atomic E-state index is 13.8. The molecule has 2 aromatic heterocycles. The van der Waals surface area contributed by atoms with E-state index >= 15 is 0 Å². The molecular formula is C23H34FN3O2Si. The van der Waals surface area contributed by atoms with Gasteiger partial charge in [0.15, 0.2) is 8.32 Å². The smallest absolute Gasteiger partial charge is 0.213 e. The Morgan fingerprint density at radius 1 is 1.23 bits per heavy atom. The monoisotopic (exact) mass is 431 g/mol. The topological polar surface area (TPSA) is 60.2 Å². The van der Waals surface area contributed by atoms with Crippen LogP contribution in [0, 0.1) is 11.9 Å². The number of hydrogen-bond donors (Lipinski definition) is 1. The molecule has 30 heavy (non-hydrogen) atoms. The first-order valence-electron chi connectivity index (χ1n) is 11.1. The molecule has 2 unspecified atom stereocenters. The number of aromatic nitrogens is 3. The van der Waals surface area contributed by atoms with Crippen molar-refractivity contribution in [3.63, 3.8) is 0 Å². The van der Waals surface area contributed by atoms with Gasteiger partial charge in [-0.3, -0.25) is 0 Å². The first kappa shape index (κ1) is 21.7. The van der Waals surface area contributed by atoms with Gasteiger partial charge in [0.25, 0.3) is 0 Å². The van der Waals surface area contributed by atoms with Crippen molar-refractivity contribution in [3.8, 4) is 11.3 Å². The largest absolute Gasteiger partial charge is 0.414 e. The van der Waals surface area contributed by atoms with Crippen LogP contribution in [-0.2, 0) is 4.43 Å². The summed E-state index contributed by atoms with van der Waals surface area (Å²) in [6.07, 6.45) is 9.54. The first-order chi connectivity index (χ1) is 14.1. The van der Waals surface area contributed by atoms with Crippen molar-refractivity contribution in [3.05, 3.63) is 36.3 Å². The van der Waals surface area contributed by atoms with Crippen molar-refractivity contribution >= 4 is 8.32 Å². The molecule has 1 aliphatic heterocycles. The second kappa shape index (κ2) is 7.84. The van der Waals surface area contributed by atoms with Gasteiger partial charge in [0.05, 0.1) is 30.4 Å². The molecule has 0 saturated heterocycles. The summed E-state index contributed by atoms with van der Waals surface area (Å²) >= 11 is 0. The minimum absolute atomic E-state index is 0.0915. The van der Waals surface area contributed by atoms with Crippen LogP contribution in [0.5, 0.6) is 0 Å². The average molecular weight is 432 g/mol. The van der Waals surface area contributed by atoms with Crippen LogP contribution in [0.3, 0.4) is 0 Å². The lowest BCUT2D eigenvalue weighted by Gasteiger charge is -2.42. The number of pyridine rings is 1. The standard InChI is InChI=1S/C23H34FN3O2Si/c1-23(2,3)30(4,5)29-16-8-6-15(7-9-16)21(28)11-19-17-10-22(24)26-12-18(17)20-13-25-14-27(19)20/h10,12-16,19,21,28H,6-9,11H2,1-5H3. The highest BCUT2D eigenvalue weighted by Crippen LogP contribution is 2.44. The van der Waals surface area contributed by atoms with Crippen LogP contribution in [0.1, 0.15) is 64.5 Å². The highest BCUT2D eigenvalue weighted by molar-refractivity contribution is 6.74. The molecule has 0 amide bonds. The van der Waals surface area contributed by atoms with Crippen LogP contribution in [-0.4, -0.2) is 40.2 Å². The molecule has 0 bridgehead atoms. The van der Waals surface area contributed by atoms with E-state index in [2.05, 4.69) is 43.8 Å². The van der Waals surface area contributed by atoms with Crippen LogP contribution in [0.4, 0.5) is 4.39 Å². The number of halogens is 1. The SMILES string of the molecule is CC(C)(C)[Si](C)(C)OC1CCC(C(O)CC2c3cc(F)ncc3-c3cncn32)CC1. The third kappa shape index (κ3) is 3.99. The normalized spacial score (nSPS) is 25.1. The molecule has 1 aliphatic carbocycles. The number of nitrogens with zero attached hydrogens (tertiary/aromatic N) is 3. The fraction of sp³-hybridized carbons (Fsp3) is 0.652. The van der Waals surface area contributed by atoms with Gasteiger partial charge in [-0.05, 0) is 67.8 Å². The van der Waals surface area contributed by atoms with Crippen molar-refractivity contribution < 1.29 is 13.9 Å². The molecule has 7 heteroatoms. The Labute approximate surface area is 179 Å². The number of aliphatic hydroxyl groups excluding tert-OH is 1. The molecule has 2 aliphatic rings. The first-order valence-corrected chi connectivity index (χ1v) is 14.0. The Hall–Kier alpha value is -1.57. The fourth-order valence-corrected chi connectivity index (χ4v) is 6.11. The number of hydrogen-bond acceptors (Lipinski definition) is 4. The van der Waals surface area contributed by atoms with Gasteiger partial charge in [-0.2, -0.15) is 4.39 Å². The summed E-state index contributed by atoms with van der Waals surface area (Å²) in [6.45, 7) is 11.4. The number of fused-ring (bicyclic) bond motifs is 3.